The Hall–Kier alpha value is -3.54. The second-order valence-electron chi connectivity index (χ2n) is 9.29. The second kappa shape index (κ2) is 10.1. The van der Waals surface area contributed by atoms with E-state index in [1.807, 2.05) is 12.1 Å². The normalized spacial score (nSPS) is 20.4. The standard InChI is InChI=1S/C28H18ClF3N2O4S2/c29-17-8-4-14(5-9-17)13-38-19-10-6-15(7-11-19)20-21-23(39-24-22(20)40-27(37)33-24)26(36)34(25(21)35)18-3-1-2-16(12-18)28(30,31)32/h1-12,20-21,23H,13H2,(H,33,37). The van der Waals surface area contributed by atoms with Crippen molar-refractivity contribution in [3.8, 4) is 5.75 Å². The van der Waals surface area contributed by atoms with Crippen molar-refractivity contribution in [2.45, 2.75) is 29.0 Å². The highest BCUT2D eigenvalue weighted by atomic mass is 35.5. The van der Waals surface area contributed by atoms with Gasteiger partial charge in [-0.1, -0.05) is 65.0 Å². The molecule has 3 atom stereocenters. The number of fused-ring (bicyclic) bond motifs is 2. The molecule has 6 rings (SSSR count). The monoisotopic (exact) mass is 602 g/mol. The third kappa shape index (κ3) is 4.82. The van der Waals surface area contributed by atoms with Gasteiger partial charge >= 0.3 is 11.0 Å². The van der Waals surface area contributed by atoms with Crippen LogP contribution in [0, 0.1) is 5.92 Å². The number of halogens is 4. The van der Waals surface area contributed by atoms with Crippen molar-refractivity contribution < 1.29 is 27.5 Å². The number of amides is 2. The maximum Gasteiger partial charge on any atom is 0.416 e. The molecule has 1 saturated heterocycles. The van der Waals surface area contributed by atoms with Crippen LogP contribution in [-0.2, 0) is 22.4 Å². The number of thiazole rings is 1. The van der Waals surface area contributed by atoms with Crippen LogP contribution in [0.3, 0.4) is 0 Å². The van der Waals surface area contributed by atoms with E-state index < -0.39 is 40.6 Å². The lowest BCUT2D eigenvalue weighted by Crippen LogP contribution is -2.32. The number of nitrogens with one attached hydrogen (secondary N) is 1. The van der Waals surface area contributed by atoms with E-state index in [0.29, 0.717) is 32.8 Å². The van der Waals surface area contributed by atoms with E-state index in [1.165, 1.54) is 12.1 Å². The van der Waals surface area contributed by atoms with Crippen LogP contribution >= 0.6 is 34.7 Å². The van der Waals surface area contributed by atoms with E-state index in [4.69, 9.17) is 16.3 Å². The summed E-state index contributed by atoms with van der Waals surface area (Å²) in [4.78, 5) is 43.4. The zero-order valence-corrected chi connectivity index (χ0v) is 22.7. The lowest BCUT2D eigenvalue weighted by molar-refractivity contribution is -0.137. The number of carbonyl (C=O) groups is 2. The number of thioether (sulfide) groups is 1. The molecule has 0 spiro atoms. The van der Waals surface area contributed by atoms with Crippen LogP contribution in [0.1, 0.15) is 27.5 Å². The third-order valence-electron chi connectivity index (χ3n) is 6.81. The minimum absolute atomic E-state index is 0.138. The molecule has 3 heterocycles. The van der Waals surface area contributed by atoms with Crippen molar-refractivity contribution in [1.82, 2.24) is 4.98 Å². The van der Waals surface area contributed by atoms with Gasteiger partial charge < -0.3 is 9.72 Å². The summed E-state index contributed by atoms with van der Waals surface area (Å²) in [6.07, 6.45) is -4.63. The van der Waals surface area contributed by atoms with Crippen LogP contribution in [0.4, 0.5) is 18.9 Å². The summed E-state index contributed by atoms with van der Waals surface area (Å²) in [5.41, 5.74) is 0.508. The van der Waals surface area contributed by atoms with Crippen molar-refractivity contribution in [2.24, 2.45) is 5.92 Å². The molecule has 0 bridgehead atoms. The fraction of sp³-hybridized carbons (Fsp3) is 0.179. The number of hydrogen-bond donors (Lipinski definition) is 1. The zero-order valence-electron chi connectivity index (χ0n) is 20.3. The van der Waals surface area contributed by atoms with E-state index in [0.717, 1.165) is 45.7 Å². The minimum atomic E-state index is -4.63. The van der Waals surface area contributed by atoms with Gasteiger partial charge in [-0.25, -0.2) is 4.90 Å². The Bertz CT molecular complexity index is 1670. The molecule has 0 radical (unpaired) electrons. The summed E-state index contributed by atoms with van der Waals surface area (Å²) >= 11 is 7.95. The van der Waals surface area contributed by atoms with Gasteiger partial charge in [0, 0.05) is 15.8 Å². The minimum Gasteiger partial charge on any atom is -0.489 e. The van der Waals surface area contributed by atoms with Gasteiger partial charge in [0.2, 0.25) is 11.8 Å². The molecule has 2 amide bonds. The molecule has 1 fully saturated rings. The number of aromatic nitrogens is 1. The predicted molar refractivity (Wildman–Crippen MR) is 146 cm³/mol. The molecule has 4 aromatic rings. The fourth-order valence-corrected chi connectivity index (χ4v) is 7.61. The molecule has 204 valence electrons. The average Bonchev–Trinajstić information content (AvgIpc) is 3.42. The van der Waals surface area contributed by atoms with Crippen LogP contribution in [0.15, 0.2) is 82.6 Å². The lowest BCUT2D eigenvalue weighted by Gasteiger charge is -2.29. The number of benzene rings is 3. The summed E-state index contributed by atoms with van der Waals surface area (Å²) in [5.74, 6) is -2.22. The number of alkyl halides is 3. The Balaban J connectivity index is 1.32. The van der Waals surface area contributed by atoms with Gasteiger partial charge in [0.15, 0.2) is 0 Å². The van der Waals surface area contributed by atoms with E-state index in [9.17, 15) is 27.6 Å². The summed E-state index contributed by atoms with van der Waals surface area (Å²) in [6.45, 7) is 0.309. The Labute approximate surface area is 238 Å². The van der Waals surface area contributed by atoms with Gasteiger partial charge in [-0.3, -0.25) is 14.4 Å². The fourth-order valence-electron chi connectivity index (χ4n) is 4.97. The van der Waals surface area contributed by atoms with Gasteiger partial charge in [-0.05, 0) is 53.6 Å². The first-order chi connectivity index (χ1) is 19.1. The van der Waals surface area contributed by atoms with Crippen molar-refractivity contribution in [1.29, 1.82) is 0 Å². The highest BCUT2D eigenvalue weighted by molar-refractivity contribution is 8.00. The predicted octanol–water partition coefficient (Wildman–Crippen LogP) is 6.48. The molecule has 3 unspecified atom stereocenters. The van der Waals surface area contributed by atoms with E-state index in [1.54, 1.807) is 36.4 Å². The van der Waals surface area contributed by atoms with Gasteiger partial charge in [0.05, 0.1) is 22.2 Å². The Morgan fingerprint density at radius 1 is 0.950 bits per heavy atom. The molecule has 0 aliphatic carbocycles. The van der Waals surface area contributed by atoms with E-state index in [-0.39, 0.29) is 10.6 Å². The molecule has 12 heteroatoms. The molecule has 2 aliphatic heterocycles. The molecule has 3 aromatic carbocycles. The first-order valence-electron chi connectivity index (χ1n) is 12.0. The Morgan fingerprint density at radius 2 is 1.68 bits per heavy atom. The molecule has 1 aromatic heterocycles. The smallest absolute Gasteiger partial charge is 0.416 e. The molecule has 6 nitrogen and oxygen atoms in total. The largest absolute Gasteiger partial charge is 0.489 e. The third-order valence-corrected chi connectivity index (χ3v) is 9.47. The molecule has 1 N–H and O–H groups in total. The zero-order chi connectivity index (χ0) is 28.2. The number of aromatic amines is 1. The van der Waals surface area contributed by atoms with Crippen molar-refractivity contribution in [3.63, 3.8) is 0 Å². The van der Waals surface area contributed by atoms with Crippen LogP contribution in [-0.4, -0.2) is 22.0 Å². The number of rotatable bonds is 5. The summed E-state index contributed by atoms with van der Waals surface area (Å²) in [7, 11) is 0. The summed E-state index contributed by atoms with van der Waals surface area (Å²) in [5, 5.41) is 0.192. The highest BCUT2D eigenvalue weighted by Gasteiger charge is 2.56. The van der Waals surface area contributed by atoms with E-state index in [2.05, 4.69) is 4.98 Å². The number of carbonyl (C=O) groups excluding carboxylic acids is 2. The molecule has 40 heavy (non-hydrogen) atoms. The second-order valence-corrected chi connectivity index (χ2v) is 11.9. The van der Waals surface area contributed by atoms with Gasteiger partial charge in [0.25, 0.3) is 0 Å². The first kappa shape index (κ1) is 26.7. The highest BCUT2D eigenvalue weighted by Crippen LogP contribution is 2.53. The molecule has 0 saturated carbocycles. The molecular formula is C28H18ClF3N2O4S2. The average molecular weight is 603 g/mol. The van der Waals surface area contributed by atoms with Crippen molar-refractivity contribution >= 4 is 52.2 Å². The van der Waals surface area contributed by atoms with Gasteiger partial charge in [-0.15, -0.1) is 0 Å². The van der Waals surface area contributed by atoms with Gasteiger partial charge in [-0.2, -0.15) is 13.2 Å². The van der Waals surface area contributed by atoms with Crippen LogP contribution in [0.25, 0.3) is 0 Å². The van der Waals surface area contributed by atoms with Gasteiger partial charge in [0.1, 0.15) is 17.6 Å². The Morgan fingerprint density at radius 3 is 2.38 bits per heavy atom. The Kier molecular flexibility index (Phi) is 6.76. The maximum atomic E-state index is 13.8. The number of ether oxygens (including phenoxy) is 1. The lowest BCUT2D eigenvalue weighted by atomic mass is 9.83. The number of anilines is 1. The maximum absolute atomic E-state index is 13.8. The number of nitrogens with zero attached hydrogens (tertiary/aromatic N) is 1. The molecular weight excluding hydrogens is 585 g/mol. The van der Waals surface area contributed by atoms with E-state index >= 15 is 0 Å². The number of hydrogen-bond acceptors (Lipinski definition) is 6. The van der Waals surface area contributed by atoms with Crippen LogP contribution in [0.2, 0.25) is 5.02 Å². The van der Waals surface area contributed by atoms with Crippen LogP contribution in [0.5, 0.6) is 5.75 Å². The van der Waals surface area contributed by atoms with Crippen molar-refractivity contribution in [2.75, 3.05) is 4.90 Å². The number of imide groups is 1. The topological polar surface area (TPSA) is 79.5 Å². The first-order valence-corrected chi connectivity index (χ1v) is 14.1. The van der Waals surface area contributed by atoms with Crippen LogP contribution < -0.4 is 14.5 Å². The summed E-state index contributed by atoms with van der Waals surface area (Å²) in [6, 6.07) is 18.4. The SMILES string of the molecule is O=C1C2Sc3[nH]c(=O)sc3C(c3ccc(OCc4ccc(Cl)cc4)cc3)C2C(=O)N1c1cccc(C(F)(F)F)c1. The van der Waals surface area contributed by atoms with Crippen molar-refractivity contribution in [3.05, 3.63) is 109 Å². The molecule has 2 aliphatic rings. The number of H-pyrrole nitrogens is 1. The quantitative estimate of drug-likeness (QED) is 0.264. The summed E-state index contributed by atoms with van der Waals surface area (Å²) < 4.78 is 46.0.